The topological polar surface area (TPSA) is 89.7 Å². The second kappa shape index (κ2) is 8.79. The molecule has 0 aliphatic heterocycles. The molecule has 6 nitrogen and oxygen atoms in total. The molecule has 0 heterocycles. The van der Waals surface area contributed by atoms with E-state index < -0.39 is 22.7 Å². The molecule has 0 radical (unpaired) electrons. The van der Waals surface area contributed by atoms with Crippen molar-refractivity contribution in [3.63, 3.8) is 0 Å². The maximum absolute atomic E-state index is 14.4. The van der Waals surface area contributed by atoms with Gasteiger partial charge in [-0.05, 0) is 42.5 Å². The largest absolute Gasteiger partial charge is 0.468 e. The molecule has 0 aromatic heterocycles. The van der Waals surface area contributed by atoms with Crippen LogP contribution in [0.15, 0.2) is 29.8 Å². The fourth-order valence-electron chi connectivity index (χ4n) is 2.93. The van der Waals surface area contributed by atoms with Gasteiger partial charge in [0.05, 0.1) is 18.3 Å². The monoisotopic (exact) mass is 356 g/mol. The number of rotatable bonds is 8. The molecular formula is C16H21FN2O4S. The lowest BCUT2D eigenvalue weighted by Gasteiger charge is -2.33. The molecule has 132 valence electrons. The number of carbonyl (C=O) groups excluding carboxylic acids is 1. The molecule has 1 aliphatic carbocycles. The smallest absolute Gasteiger partial charge is 0.293 e. The molecule has 2 N–H and O–H groups in total. The van der Waals surface area contributed by atoms with Crippen molar-refractivity contribution in [2.45, 2.75) is 38.3 Å². The number of anilines is 1. The maximum Gasteiger partial charge on any atom is 0.293 e. The molecule has 1 atom stereocenters. The molecule has 0 fully saturated rings. The van der Waals surface area contributed by atoms with E-state index in [-0.39, 0.29) is 18.8 Å². The molecule has 24 heavy (non-hydrogen) atoms. The number of nitrogens with two attached hydrogens (primary N) is 1. The standard InChI is InChI=1S/C16H21FN2O4S/c17-14-9-12(10-18)5-6-16(14)19(24(21)22)15-4-2-1-3-13(15)7-8-23-11-20/h3,5-6,9,11,15,24H,1-2,4,7-8,10,18H2. The zero-order valence-electron chi connectivity index (χ0n) is 13.2. The van der Waals surface area contributed by atoms with Gasteiger partial charge in [-0.2, -0.15) is 0 Å². The molecule has 2 rings (SSSR count). The fraction of sp³-hybridized carbons (Fsp3) is 0.438. The lowest BCUT2D eigenvalue weighted by molar-refractivity contribution is -0.128. The average molecular weight is 356 g/mol. The third kappa shape index (κ3) is 4.33. The van der Waals surface area contributed by atoms with Gasteiger partial charge < -0.3 is 10.5 Å². The van der Waals surface area contributed by atoms with Gasteiger partial charge >= 0.3 is 0 Å². The Hall–Kier alpha value is -1.93. The summed E-state index contributed by atoms with van der Waals surface area (Å²) in [5.41, 5.74) is 6.93. The van der Waals surface area contributed by atoms with E-state index in [2.05, 4.69) is 0 Å². The number of hydrogen-bond acceptors (Lipinski definition) is 5. The van der Waals surface area contributed by atoms with Crippen LogP contribution in [0.1, 0.15) is 31.2 Å². The minimum absolute atomic E-state index is 0.0115. The summed E-state index contributed by atoms with van der Waals surface area (Å²) >= 11 is 0. The zero-order valence-corrected chi connectivity index (χ0v) is 14.1. The van der Waals surface area contributed by atoms with Crippen molar-refractivity contribution in [3.8, 4) is 0 Å². The summed E-state index contributed by atoms with van der Waals surface area (Å²) in [7, 11) is -3.03. The maximum atomic E-state index is 14.4. The first-order chi connectivity index (χ1) is 11.6. The van der Waals surface area contributed by atoms with Gasteiger partial charge in [0.25, 0.3) is 6.47 Å². The second-order valence-electron chi connectivity index (χ2n) is 5.52. The van der Waals surface area contributed by atoms with Gasteiger partial charge in [-0.25, -0.2) is 12.8 Å². The predicted molar refractivity (Wildman–Crippen MR) is 89.4 cm³/mol. The number of carbonyl (C=O) groups is 1. The number of nitrogens with zero attached hydrogens (tertiary/aromatic N) is 1. The minimum atomic E-state index is -3.03. The molecule has 1 aromatic carbocycles. The van der Waals surface area contributed by atoms with Gasteiger partial charge in [-0.3, -0.25) is 9.10 Å². The van der Waals surface area contributed by atoms with E-state index in [1.165, 1.54) is 12.1 Å². The number of hydrogen-bond donors (Lipinski definition) is 2. The van der Waals surface area contributed by atoms with Crippen LogP contribution in [0.3, 0.4) is 0 Å². The van der Waals surface area contributed by atoms with Crippen molar-refractivity contribution in [1.29, 1.82) is 0 Å². The van der Waals surface area contributed by atoms with Crippen LogP contribution in [0.4, 0.5) is 10.1 Å². The molecule has 0 saturated carbocycles. The van der Waals surface area contributed by atoms with E-state index in [4.69, 9.17) is 10.5 Å². The van der Waals surface area contributed by atoms with E-state index in [0.29, 0.717) is 24.9 Å². The van der Waals surface area contributed by atoms with Crippen LogP contribution < -0.4 is 10.0 Å². The highest BCUT2D eigenvalue weighted by Crippen LogP contribution is 2.31. The first-order valence-corrected chi connectivity index (χ1v) is 8.87. The Kier molecular flexibility index (Phi) is 6.74. The molecule has 1 unspecified atom stereocenters. The van der Waals surface area contributed by atoms with Crippen molar-refractivity contribution >= 4 is 23.0 Å². The Morgan fingerprint density at radius 3 is 2.83 bits per heavy atom. The molecule has 0 amide bonds. The van der Waals surface area contributed by atoms with Gasteiger partial charge in [-0.15, -0.1) is 0 Å². The molecular weight excluding hydrogens is 335 g/mol. The normalized spacial score (nSPS) is 17.5. The van der Waals surface area contributed by atoms with Gasteiger partial charge in [0.15, 0.2) is 0 Å². The van der Waals surface area contributed by atoms with Crippen molar-refractivity contribution in [2.75, 3.05) is 10.9 Å². The highest BCUT2D eigenvalue weighted by molar-refractivity contribution is 7.74. The molecule has 0 bridgehead atoms. The van der Waals surface area contributed by atoms with Crippen LogP contribution in [-0.4, -0.2) is 27.5 Å². The second-order valence-corrected chi connectivity index (χ2v) is 6.42. The molecule has 0 saturated heterocycles. The van der Waals surface area contributed by atoms with Gasteiger partial charge in [-0.1, -0.05) is 12.1 Å². The Morgan fingerprint density at radius 2 is 2.21 bits per heavy atom. The number of ether oxygens (including phenoxy) is 1. The zero-order chi connectivity index (χ0) is 17.5. The predicted octanol–water partition coefficient (Wildman–Crippen LogP) is 1.66. The van der Waals surface area contributed by atoms with Crippen LogP contribution in [0.5, 0.6) is 0 Å². The Balaban J connectivity index is 2.33. The lowest BCUT2D eigenvalue weighted by Crippen LogP contribution is -2.38. The van der Waals surface area contributed by atoms with Crippen LogP contribution >= 0.6 is 0 Å². The van der Waals surface area contributed by atoms with Crippen molar-refractivity contribution in [2.24, 2.45) is 5.73 Å². The van der Waals surface area contributed by atoms with Crippen LogP contribution in [0.25, 0.3) is 0 Å². The molecule has 8 heteroatoms. The first-order valence-electron chi connectivity index (χ1n) is 7.74. The SMILES string of the molecule is NCc1ccc(N(C2CCCC=C2CCOC=O)[SH](=O)=O)c(F)c1. The number of allylic oxidation sites excluding steroid dienone is 1. The van der Waals surface area contributed by atoms with Crippen LogP contribution in [-0.2, 0) is 27.0 Å². The van der Waals surface area contributed by atoms with Gasteiger partial charge in [0, 0.05) is 13.0 Å². The summed E-state index contributed by atoms with van der Waals surface area (Å²) in [6.45, 7) is 0.706. The quantitative estimate of drug-likeness (QED) is 0.320. The van der Waals surface area contributed by atoms with Gasteiger partial charge in [0.2, 0.25) is 10.9 Å². The van der Waals surface area contributed by atoms with Crippen LogP contribution in [0.2, 0.25) is 0 Å². The Bertz CT molecular complexity index is 683. The number of thiol groups is 1. The average Bonchev–Trinajstić information content (AvgIpc) is 2.57. The number of halogens is 1. The highest BCUT2D eigenvalue weighted by Gasteiger charge is 2.28. The van der Waals surface area contributed by atoms with Crippen molar-refractivity contribution in [1.82, 2.24) is 0 Å². The summed E-state index contributed by atoms with van der Waals surface area (Å²) in [6, 6.07) is 3.85. The molecule has 1 aromatic rings. The summed E-state index contributed by atoms with van der Waals surface area (Å²) in [4.78, 5) is 10.3. The Morgan fingerprint density at radius 1 is 1.42 bits per heavy atom. The molecule has 1 aliphatic rings. The van der Waals surface area contributed by atoms with E-state index >= 15 is 0 Å². The van der Waals surface area contributed by atoms with Crippen molar-refractivity contribution in [3.05, 3.63) is 41.2 Å². The molecule has 0 spiro atoms. The van der Waals surface area contributed by atoms with E-state index in [0.717, 1.165) is 22.7 Å². The first kappa shape index (κ1) is 18.4. The summed E-state index contributed by atoms with van der Waals surface area (Å²) in [6.07, 6.45) is 4.59. The van der Waals surface area contributed by atoms with Crippen LogP contribution in [0, 0.1) is 5.82 Å². The highest BCUT2D eigenvalue weighted by atomic mass is 32.2. The fourth-order valence-corrected chi connectivity index (χ4v) is 3.76. The summed E-state index contributed by atoms with van der Waals surface area (Å²) in [5.74, 6) is -0.619. The third-order valence-electron chi connectivity index (χ3n) is 4.06. The van der Waals surface area contributed by atoms with Gasteiger partial charge in [0.1, 0.15) is 5.82 Å². The minimum Gasteiger partial charge on any atom is -0.468 e. The third-order valence-corrected chi connectivity index (χ3v) is 4.90. The Labute approximate surface area is 142 Å². The summed E-state index contributed by atoms with van der Waals surface area (Å²) in [5, 5.41) is 0. The van der Waals surface area contributed by atoms with E-state index in [1.807, 2.05) is 6.08 Å². The number of benzene rings is 1. The van der Waals surface area contributed by atoms with E-state index in [1.54, 1.807) is 6.07 Å². The van der Waals surface area contributed by atoms with E-state index in [9.17, 15) is 17.6 Å². The summed E-state index contributed by atoms with van der Waals surface area (Å²) < 4.78 is 43.9. The lowest BCUT2D eigenvalue weighted by atomic mass is 9.91. The van der Waals surface area contributed by atoms with Crippen molar-refractivity contribution < 1.29 is 22.3 Å².